The Kier molecular flexibility index (Phi) is 6.51. The number of hydrogen-bond acceptors (Lipinski definition) is 5. The molecule has 8 nitrogen and oxygen atoms in total. The minimum Gasteiger partial charge on any atom is -0.503 e. The maximum absolute atomic E-state index is 13.3. The van der Waals surface area contributed by atoms with Crippen molar-refractivity contribution >= 4 is 11.8 Å². The molecule has 1 aromatic heterocycles. The number of nitrogens with one attached hydrogen (secondary N) is 1. The van der Waals surface area contributed by atoms with Crippen molar-refractivity contribution < 1.29 is 19.1 Å². The minimum absolute atomic E-state index is 0.00228. The van der Waals surface area contributed by atoms with E-state index in [-0.39, 0.29) is 29.5 Å². The van der Waals surface area contributed by atoms with Gasteiger partial charge in [-0.1, -0.05) is 26.0 Å². The number of carbonyl (C=O) groups is 2. The van der Waals surface area contributed by atoms with Gasteiger partial charge in [-0.15, -0.1) is 0 Å². The molecule has 1 aromatic carbocycles. The molecule has 1 saturated heterocycles. The van der Waals surface area contributed by atoms with Gasteiger partial charge in [-0.25, -0.2) is 4.39 Å². The highest BCUT2D eigenvalue weighted by atomic mass is 19.1. The molecule has 4 rings (SSSR count). The predicted molar refractivity (Wildman–Crippen MR) is 120 cm³/mol. The molecule has 2 N–H and O–H groups in total. The normalized spacial score (nSPS) is 20.8. The molecule has 2 unspecified atom stereocenters. The smallest absolute Gasteiger partial charge is 0.275 e. The number of aromatic nitrogens is 1. The van der Waals surface area contributed by atoms with E-state index >= 15 is 0 Å². The minimum atomic E-state index is -0.583. The number of aromatic hydroxyl groups is 1. The van der Waals surface area contributed by atoms with Crippen LogP contribution in [-0.4, -0.2) is 57.1 Å². The summed E-state index contributed by atoms with van der Waals surface area (Å²) in [6, 6.07) is 7.26. The van der Waals surface area contributed by atoms with Gasteiger partial charge in [0.25, 0.3) is 5.91 Å². The Morgan fingerprint density at radius 2 is 1.91 bits per heavy atom. The van der Waals surface area contributed by atoms with Gasteiger partial charge in [0.2, 0.25) is 11.3 Å². The summed E-state index contributed by atoms with van der Waals surface area (Å²) < 4.78 is 14.8. The van der Waals surface area contributed by atoms with Crippen molar-refractivity contribution in [1.29, 1.82) is 0 Å². The van der Waals surface area contributed by atoms with E-state index in [1.165, 1.54) is 24.4 Å². The summed E-state index contributed by atoms with van der Waals surface area (Å²) in [5.74, 6) is -1.40. The second-order valence-electron chi connectivity index (χ2n) is 9.19. The molecule has 0 saturated carbocycles. The van der Waals surface area contributed by atoms with Gasteiger partial charge in [-0.2, -0.15) is 0 Å². The molecule has 176 valence electrons. The van der Waals surface area contributed by atoms with Gasteiger partial charge in [0.15, 0.2) is 11.4 Å². The average Bonchev–Trinajstić information content (AvgIpc) is 2.95. The summed E-state index contributed by atoms with van der Waals surface area (Å²) >= 11 is 0. The van der Waals surface area contributed by atoms with E-state index in [1.54, 1.807) is 21.6 Å². The van der Waals surface area contributed by atoms with Gasteiger partial charge in [0.05, 0.1) is 12.5 Å². The molecule has 2 amide bonds. The number of carbonyl (C=O) groups excluding carboxylic acids is 2. The zero-order valence-corrected chi connectivity index (χ0v) is 18.8. The lowest BCUT2D eigenvalue weighted by Crippen LogP contribution is -2.57. The Labute approximate surface area is 191 Å². The molecule has 0 aliphatic carbocycles. The fraction of sp³-hybridized carbons (Fsp3) is 0.458. The van der Waals surface area contributed by atoms with Crippen LogP contribution in [-0.2, 0) is 17.9 Å². The third-order valence-corrected chi connectivity index (χ3v) is 6.28. The van der Waals surface area contributed by atoms with Crippen LogP contribution >= 0.6 is 0 Å². The average molecular weight is 457 g/mol. The molecule has 2 aromatic rings. The molecule has 0 spiro atoms. The fourth-order valence-corrected chi connectivity index (χ4v) is 4.66. The van der Waals surface area contributed by atoms with Crippen molar-refractivity contribution in [2.24, 2.45) is 11.8 Å². The van der Waals surface area contributed by atoms with E-state index in [9.17, 15) is 23.9 Å². The van der Waals surface area contributed by atoms with Crippen molar-refractivity contribution in [3.8, 4) is 5.75 Å². The standard InChI is InChI=1S/C24H29FN4O4/c1-15(2)12-28-13-17(23(32)26-11-16-3-5-18(25)6-4-16)7-10-29-20(28)14-27-9-8-19(30)22(31)21(27)24(29)33/h3-6,8-9,15,17,20,31H,7,10-14H2,1-2H3,(H,26,32). The molecule has 2 aliphatic heterocycles. The first-order valence-corrected chi connectivity index (χ1v) is 11.2. The van der Waals surface area contributed by atoms with Crippen LogP contribution in [0.3, 0.4) is 0 Å². The van der Waals surface area contributed by atoms with Gasteiger partial charge in [-0.05, 0) is 30.0 Å². The van der Waals surface area contributed by atoms with Crippen molar-refractivity contribution in [2.45, 2.75) is 39.5 Å². The first kappa shape index (κ1) is 23.0. The second-order valence-corrected chi connectivity index (χ2v) is 9.19. The molecular weight excluding hydrogens is 427 g/mol. The third kappa shape index (κ3) is 4.78. The van der Waals surface area contributed by atoms with Gasteiger partial charge in [-0.3, -0.25) is 19.3 Å². The Bertz CT molecular complexity index is 1100. The Hall–Kier alpha value is -3.20. The summed E-state index contributed by atoms with van der Waals surface area (Å²) in [6.45, 7) is 6.40. The Balaban J connectivity index is 1.55. The number of fused-ring (bicyclic) bond motifs is 2. The number of pyridine rings is 1. The highest BCUT2D eigenvalue weighted by molar-refractivity contribution is 5.96. The van der Waals surface area contributed by atoms with E-state index in [4.69, 9.17) is 0 Å². The second kappa shape index (κ2) is 9.35. The lowest BCUT2D eigenvalue weighted by Gasteiger charge is -2.42. The van der Waals surface area contributed by atoms with Crippen molar-refractivity contribution in [3.05, 3.63) is 63.8 Å². The molecule has 3 heterocycles. The van der Waals surface area contributed by atoms with E-state index < -0.39 is 17.1 Å². The molecule has 0 bridgehead atoms. The Morgan fingerprint density at radius 1 is 1.18 bits per heavy atom. The molecule has 9 heteroatoms. The van der Waals surface area contributed by atoms with E-state index in [1.807, 2.05) is 0 Å². The summed E-state index contributed by atoms with van der Waals surface area (Å²) in [4.78, 5) is 42.0. The van der Waals surface area contributed by atoms with Crippen LogP contribution in [0.5, 0.6) is 5.75 Å². The number of amides is 2. The zero-order valence-electron chi connectivity index (χ0n) is 18.8. The number of rotatable bonds is 5. The number of hydrogen-bond donors (Lipinski definition) is 2. The van der Waals surface area contributed by atoms with Crippen molar-refractivity contribution in [3.63, 3.8) is 0 Å². The molecule has 33 heavy (non-hydrogen) atoms. The van der Waals surface area contributed by atoms with Crippen LogP contribution in [0, 0.1) is 17.7 Å². The van der Waals surface area contributed by atoms with Crippen LogP contribution in [0.15, 0.2) is 41.3 Å². The summed E-state index contributed by atoms with van der Waals surface area (Å²) in [6.07, 6.45) is 1.73. The molecule has 1 fully saturated rings. The summed E-state index contributed by atoms with van der Waals surface area (Å²) in [7, 11) is 0. The highest BCUT2D eigenvalue weighted by Gasteiger charge is 2.41. The molecule has 2 atom stereocenters. The van der Waals surface area contributed by atoms with Gasteiger partial charge in [0, 0.05) is 38.4 Å². The van der Waals surface area contributed by atoms with Crippen LogP contribution in [0.1, 0.15) is 36.3 Å². The van der Waals surface area contributed by atoms with Crippen molar-refractivity contribution in [2.75, 3.05) is 19.6 Å². The summed E-state index contributed by atoms with van der Waals surface area (Å²) in [5.41, 5.74) is 0.225. The molecular formula is C24H29FN4O4. The van der Waals surface area contributed by atoms with Crippen LogP contribution in [0.25, 0.3) is 0 Å². The van der Waals surface area contributed by atoms with Crippen LogP contribution in [0.2, 0.25) is 0 Å². The summed E-state index contributed by atoms with van der Waals surface area (Å²) in [5, 5.41) is 13.2. The lowest BCUT2D eigenvalue weighted by molar-refractivity contribution is -0.125. The first-order chi connectivity index (χ1) is 15.7. The van der Waals surface area contributed by atoms with Gasteiger partial charge in [0.1, 0.15) is 12.0 Å². The van der Waals surface area contributed by atoms with E-state index in [0.29, 0.717) is 45.1 Å². The number of nitrogens with zero attached hydrogens (tertiary/aromatic N) is 3. The quantitative estimate of drug-likeness (QED) is 0.715. The van der Waals surface area contributed by atoms with E-state index in [2.05, 4.69) is 24.1 Å². The monoisotopic (exact) mass is 456 g/mol. The van der Waals surface area contributed by atoms with Crippen LogP contribution < -0.4 is 10.7 Å². The molecule has 2 aliphatic rings. The maximum Gasteiger partial charge on any atom is 0.275 e. The maximum atomic E-state index is 13.3. The van der Waals surface area contributed by atoms with Gasteiger partial charge < -0.3 is 19.9 Å². The largest absolute Gasteiger partial charge is 0.503 e. The highest BCUT2D eigenvalue weighted by Crippen LogP contribution is 2.29. The lowest BCUT2D eigenvalue weighted by atomic mass is 10.0. The zero-order chi connectivity index (χ0) is 23.7. The van der Waals surface area contributed by atoms with E-state index in [0.717, 1.165) is 5.56 Å². The topological polar surface area (TPSA) is 94.9 Å². The predicted octanol–water partition coefficient (Wildman–Crippen LogP) is 1.77. The van der Waals surface area contributed by atoms with Crippen LogP contribution in [0.4, 0.5) is 4.39 Å². The first-order valence-electron chi connectivity index (χ1n) is 11.2. The van der Waals surface area contributed by atoms with Gasteiger partial charge >= 0.3 is 0 Å². The van der Waals surface area contributed by atoms with Crippen molar-refractivity contribution in [1.82, 2.24) is 19.7 Å². The number of halogens is 1. The third-order valence-electron chi connectivity index (χ3n) is 6.28. The molecule has 0 radical (unpaired) electrons. The SMILES string of the molecule is CC(C)CN1CC(C(=O)NCc2ccc(F)cc2)CCN2C(=O)c3c(O)c(=O)ccn3CC12. The Morgan fingerprint density at radius 3 is 2.61 bits per heavy atom. The number of benzene rings is 1. The fourth-order valence-electron chi connectivity index (χ4n) is 4.66.